The Morgan fingerprint density at radius 1 is 1.11 bits per heavy atom. The van der Waals surface area contributed by atoms with Gasteiger partial charge in [0.2, 0.25) is 15.9 Å². The molecular weight excluding hydrogens is 464 g/mol. The molecule has 5 rings (SSSR count). The summed E-state index contributed by atoms with van der Waals surface area (Å²) < 4.78 is 34.0. The molecule has 1 amide bonds. The topological polar surface area (TPSA) is 104 Å². The molecular formula is C26H26N4O4S. The highest BCUT2D eigenvalue weighted by molar-refractivity contribution is 7.89. The van der Waals surface area contributed by atoms with Crippen molar-refractivity contribution in [2.75, 3.05) is 18.5 Å². The highest BCUT2D eigenvalue weighted by Crippen LogP contribution is 2.31. The Balaban J connectivity index is 1.41. The Morgan fingerprint density at radius 2 is 1.89 bits per heavy atom. The summed E-state index contributed by atoms with van der Waals surface area (Å²) in [6.45, 7) is 2.60. The van der Waals surface area contributed by atoms with Crippen LogP contribution in [-0.4, -0.2) is 47.8 Å². The number of ether oxygens (including phenoxy) is 1. The molecule has 9 heteroatoms. The van der Waals surface area contributed by atoms with E-state index < -0.39 is 16.1 Å². The van der Waals surface area contributed by atoms with Crippen molar-refractivity contribution in [2.24, 2.45) is 0 Å². The van der Waals surface area contributed by atoms with Gasteiger partial charge < -0.3 is 15.0 Å². The Kier molecular flexibility index (Phi) is 6.27. The van der Waals surface area contributed by atoms with E-state index in [1.165, 1.54) is 4.31 Å². The first-order valence-corrected chi connectivity index (χ1v) is 13.0. The van der Waals surface area contributed by atoms with Crippen molar-refractivity contribution in [3.63, 3.8) is 0 Å². The maximum atomic E-state index is 13.6. The number of anilines is 1. The van der Waals surface area contributed by atoms with Gasteiger partial charge in [0.05, 0.1) is 28.2 Å². The van der Waals surface area contributed by atoms with Crippen molar-refractivity contribution in [1.82, 2.24) is 14.3 Å². The maximum Gasteiger partial charge on any atom is 0.243 e. The molecule has 1 aliphatic heterocycles. The first-order chi connectivity index (χ1) is 17.0. The van der Waals surface area contributed by atoms with E-state index in [0.717, 1.165) is 5.56 Å². The number of para-hydroxylation sites is 2. The molecule has 2 N–H and O–H groups in total. The summed E-state index contributed by atoms with van der Waals surface area (Å²) >= 11 is 0. The molecule has 1 aromatic heterocycles. The van der Waals surface area contributed by atoms with E-state index in [0.29, 0.717) is 47.7 Å². The first-order valence-electron chi connectivity index (χ1n) is 11.6. The van der Waals surface area contributed by atoms with E-state index in [1.54, 1.807) is 36.4 Å². The van der Waals surface area contributed by atoms with E-state index in [-0.39, 0.29) is 17.3 Å². The number of carbonyl (C=O) groups excluding carboxylic acids is 1. The Labute approximate surface area is 204 Å². The molecule has 35 heavy (non-hydrogen) atoms. The molecule has 4 aromatic rings. The fraction of sp³-hybridized carbons (Fsp3) is 0.231. The highest BCUT2D eigenvalue weighted by Gasteiger charge is 2.39. The third-order valence-corrected chi connectivity index (χ3v) is 7.96. The van der Waals surface area contributed by atoms with Gasteiger partial charge in [0.1, 0.15) is 17.6 Å². The number of imidazole rings is 1. The van der Waals surface area contributed by atoms with Crippen LogP contribution in [0.15, 0.2) is 77.7 Å². The summed E-state index contributed by atoms with van der Waals surface area (Å²) in [5.41, 5.74) is 2.73. The second-order valence-electron chi connectivity index (χ2n) is 8.32. The van der Waals surface area contributed by atoms with Crippen molar-refractivity contribution >= 4 is 32.7 Å². The van der Waals surface area contributed by atoms with Crippen LogP contribution in [0.4, 0.5) is 5.69 Å². The number of fused-ring (bicyclic) bond motifs is 1. The Morgan fingerprint density at radius 3 is 2.69 bits per heavy atom. The van der Waals surface area contributed by atoms with Crippen LogP contribution in [0.3, 0.4) is 0 Å². The number of hydrogen-bond acceptors (Lipinski definition) is 5. The van der Waals surface area contributed by atoms with Crippen LogP contribution in [0.1, 0.15) is 19.8 Å². The first kappa shape index (κ1) is 23.1. The molecule has 0 spiro atoms. The summed E-state index contributed by atoms with van der Waals surface area (Å²) in [4.78, 5) is 21.1. The van der Waals surface area contributed by atoms with Crippen LogP contribution in [0.2, 0.25) is 0 Å². The number of benzene rings is 3. The number of nitrogens with zero attached hydrogens (tertiary/aromatic N) is 2. The lowest BCUT2D eigenvalue weighted by molar-refractivity contribution is -0.119. The minimum absolute atomic E-state index is 0.127. The molecule has 0 bridgehead atoms. The predicted octanol–water partition coefficient (Wildman–Crippen LogP) is 4.42. The predicted molar refractivity (Wildman–Crippen MR) is 135 cm³/mol. The largest absolute Gasteiger partial charge is 0.492 e. The number of carbonyl (C=O) groups is 1. The molecule has 1 atom stereocenters. The van der Waals surface area contributed by atoms with E-state index in [2.05, 4.69) is 15.3 Å². The van der Waals surface area contributed by atoms with E-state index in [4.69, 9.17) is 4.74 Å². The van der Waals surface area contributed by atoms with Crippen LogP contribution in [-0.2, 0) is 14.8 Å². The van der Waals surface area contributed by atoms with Gasteiger partial charge in [-0.1, -0.05) is 42.5 Å². The zero-order valence-corrected chi connectivity index (χ0v) is 20.1. The van der Waals surface area contributed by atoms with E-state index in [1.807, 2.05) is 43.3 Å². The van der Waals surface area contributed by atoms with Gasteiger partial charge in [-0.05, 0) is 50.1 Å². The number of H-pyrrole nitrogens is 1. The van der Waals surface area contributed by atoms with Crippen LogP contribution in [0.25, 0.3) is 22.4 Å². The lowest BCUT2D eigenvalue weighted by Crippen LogP contribution is -2.43. The Hall–Kier alpha value is -3.69. The van der Waals surface area contributed by atoms with Gasteiger partial charge in [-0.3, -0.25) is 4.79 Å². The molecule has 0 saturated carbocycles. The number of aromatic nitrogens is 2. The molecule has 2 heterocycles. The second kappa shape index (κ2) is 9.52. The van der Waals surface area contributed by atoms with Gasteiger partial charge in [-0.2, -0.15) is 4.31 Å². The van der Waals surface area contributed by atoms with Crippen molar-refractivity contribution in [3.8, 4) is 17.1 Å². The number of rotatable bonds is 7. The summed E-state index contributed by atoms with van der Waals surface area (Å²) in [6.07, 6.45) is 1.06. The van der Waals surface area contributed by atoms with Gasteiger partial charge >= 0.3 is 0 Å². The fourth-order valence-electron chi connectivity index (χ4n) is 4.37. The smallest absolute Gasteiger partial charge is 0.243 e. The van der Waals surface area contributed by atoms with Crippen LogP contribution in [0, 0.1) is 0 Å². The average Bonchev–Trinajstić information content (AvgIpc) is 3.53. The monoisotopic (exact) mass is 490 g/mol. The van der Waals surface area contributed by atoms with Crippen molar-refractivity contribution in [3.05, 3.63) is 72.8 Å². The van der Waals surface area contributed by atoms with E-state index in [9.17, 15) is 13.2 Å². The molecule has 1 fully saturated rings. The van der Waals surface area contributed by atoms with Crippen molar-refractivity contribution in [2.45, 2.75) is 30.7 Å². The third-order valence-electron chi connectivity index (χ3n) is 6.06. The molecule has 0 unspecified atom stereocenters. The molecule has 3 aromatic carbocycles. The number of hydrogen-bond donors (Lipinski definition) is 2. The number of nitrogens with one attached hydrogen (secondary N) is 2. The fourth-order valence-corrected chi connectivity index (χ4v) is 6.06. The van der Waals surface area contributed by atoms with Crippen molar-refractivity contribution in [1.29, 1.82) is 0 Å². The molecule has 0 aliphatic carbocycles. The number of aromatic amines is 1. The number of amides is 1. The molecule has 0 radical (unpaired) electrons. The molecule has 180 valence electrons. The standard InChI is InChI=1S/C26H26N4O4S/c1-2-34-24-13-7-6-11-21(24)29-26(31)23-12-8-16-30(23)35(32,33)19-14-15-20-22(17-19)28-25(27-20)18-9-4-3-5-10-18/h3-7,9-11,13-15,17,23H,2,8,12,16H2,1H3,(H,27,28)(H,29,31)/t23-/m1/s1. The number of sulfonamides is 1. The summed E-state index contributed by atoms with van der Waals surface area (Å²) in [6, 6.07) is 20.8. The van der Waals surface area contributed by atoms with Gasteiger partial charge in [0, 0.05) is 12.1 Å². The normalized spacial score (nSPS) is 16.4. The van der Waals surface area contributed by atoms with Crippen LogP contribution in [0.5, 0.6) is 5.75 Å². The van der Waals surface area contributed by atoms with Gasteiger partial charge in [0.15, 0.2) is 0 Å². The SMILES string of the molecule is CCOc1ccccc1NC(=O)[C@H]1CCCN1S(=O)(=O)c1ccc2nc(-c3ccccc3)[nH]c2c1. The minimum atomic E-state index is -3.90. The van der Waals surface area contributed by atoms with Gasteiger partial charge in [-0.15, -0.1) is 0 Å². The van der Waals surface area contributed by atoms with Crippen molar-refractivity contribution < 1.29 is 17.9 Å². The molecule has 8 nitrogen and oxygen atoms in total. The lowest BCUT2D eigenvalue weighted by atomic mass is 10.2. The molecule has 1 aliphatic rings. The summed E-state index contributed by atoms with van der Waals surface area (Å²) in [5.74, 6) is 0.850. The average molecular weight is 491 g/mol. The zero-order chi connectivity index (χ0) is 24.4. The third kappa shape index (κ3) is 4.52. The second-order valence-corrected chi connectivity index (χ2v) is 10.2. The summed E-state index contributed by atoms with van der Waals surface area (Å²) in [5, 5.41) is 2.86. The van der Waals surface area contributed by atoms with Gasteiger partial charge in [0.25, 0.3) is 0 Å². The van der Waals surface area contributed by atoms with E-state index >= 15 is 0 Å². The molecule has 1 saturated heterocycles. The highest BCUT2D eigenvalue weighted by atomic mass is 32.2. The quantitative estimate of drug-likeness (QED) is 0.399. The maximum absolute atomic E-state index is 13.6. The lowest BCUT2D eigenvalue weighted by Gasteiger charge is -2.24. The minimum Gasteiger partial charge on any atom is -0.492 e. The van der Waals surface area contributed by atoms with Crippen LogP contribution >= 0.6 is 0 Å². The Bertz CT molecular complexity index is 1470. The zero-order valence-electron chi connectivity index (χ0n) is 19.3. The summed E-state index contributed by atoms with van der Waals surface area (Å²) in [7, 11) is -3.90. The van der Waals surface area contributed by atoms with Gasteiger partial charge in [-0.25, -0.2) is 13.4 Å². The van der Waals surface area contributed by atoms with Crippen LogP contribution < -0.4 is 10.1 Å².